The quantitative estimate of drug-likeness (QED) is 0.592. The number of carbonyl (C=O) groups excluding carboxylic acids is 1. The lowest BCUT2D eigenvalue weighted by Gasteiger charge is -2.09. The Balaban J connectivity index is 1.64. The molecule has 2 aromatic heterocycles. The molecule has 5 nitrogen and oxygen atoms in total. The minimum Gasteiger partial charge on any atom is -0.383 e. The second kappa shape index (κ2) is 6.69. The van der Waals surface area contributed by atoms with E-state index in [4.69, 9.17) is 4.74 Å². The van der Waals surface area contributed by atoms with Gasteiger partial charge in [-0.1, -0.05) is 12.1 Å². The molecule has 2 heterocycles. The van der Waals surface area contributed by atoms with Gasteiger partial charge in [0.2, 0.25) is 0 Å². The lowest BCUT2D eigenvalue weighted by Crippen LogP contribution is -2.12. The first kappa shape index (κ1) is 16.4. The fourth-order valence-electron chi connectivity index (χ4n) is 3.32. The molecule has 1 N–H and O–H groups in total. The topological polar surface area (TPSA) is 48.2 Å². The van der Waals surface area contributed by atoms with Crippen molar-refractivity contribution in [3.63, 3.8) is 0 Å². The predicted octanol–water partition coefficient (Wildman–Crippen LogP) is 4.03. The second-order valence-corrected chi connectivity index (χ2v) is 6.39. The summed E-state index contributed by atoms with van der Waals surface area (Å²) in [5, 5.41) is 5.21. The SMILES string of the molecule is COCCn1ccc2c(NC(=O)c3ccc4ccn(C)c4c3)cccc21. The number of nitrogens with zero attached hydrogens (tertiary/aromatic N) is 2. The van der Waals surface area contributed by atoms with Gasteiger partial charge in [0.25, 0.3) is 5.91 Å². The number of methoxy groups -OCH3 is 1. The Morgan fingerprint density at radius 3 is 2.81 bits per heavy atom. The molecule has 0 aliphatic heterocycles. The van der Waals surface area contributed by atoms with Crippen molar-refractivity contribution in [1.82, 2.24) is 9.13 Å². The fraction of sp³-hybridized carbons (Fsp3) is 0.190. The number of aryl methyl sites for hydroxylation is 1. The lowest BCUT2D eigenvalue weighted by atomic mass is 10.1. The summed E-state index contributed by atoms with van der Waals surface area (Å²) in [5.74, 6) is -0.106. The van der Waals surface area contributed by atoms with Gasteiger partial charge in [0.15, 0.2) is 0 Å². The average molecular weight is 347 g/mol. The summed E-state index contributed by atoms with van der Waals surface area (Å²) >= 11 is 0. The van der Waals surface area contributed by atoms with E-state index < -0.39 is 0 Å². The zero-order valence-corrected chi connectivity index (χ0v) is 14.9. The summed E-state index contributed by atoms with van der Waals surface area (Å²) in [6.45, 7) is 1.43. The van der Waals surface area contributed by atoms with E-state index in [2.05, 4.69) is 16.0 Å². The van der Waals surface area contributed by atoms with Crippen LogP contribution in [0.4, 0.5) is 5.69 Å². The number of hydrogen-bond donors (Lipinski definition) is 1. The Morgan fingerprint density at radius 2 is 1.96 bits per heavy atom. The summed E-state index contributed by atoms with van der Waals surface area (Å²) in [5.41, 5.74) is 3.59. The number of aromatic nitrogens is 2. The summed E-state index contributed by atoms with van der Waals surface area (Å²) < 4.78 is 9.31. The first-order chi connectivity index (χ1) is 12.7. The van der Waals surface area contributed by atoms with Crippen molar-refractivity contribution >= 4 is 33.4 Å². The second-order valence-electron chi connectivity index (χ2n) is 6.39. The van der Waals surface area contributed by atoms with E-state index in [9.17, 15) is 4.79 Å². The molecule has 0 aliphatic carbocycles. The molecule has 0 saturated heterocycles. The maximum absolute atomic E-state index is 12.8. The van der Waals surface area contributed by atoms with Crippen LogP contribution in [-0.2, 0) is 18.3 Å². The van der Waals surface area contributed by atoms with E-state index in [0.29, 0.717) is 12.2 Å². The van der Waals surface area contributed by atoms with Gasteiger partial charge in [-0.3, -0.25) is 4.79 Å². The Hall–Kier alpha value is -3.05. The number of amides is 1. The molecule has 0 bridgehead atoms. The smallest absolute Gasteiger partial charge is 0.255 e. The first-order valence-corrected chi connectivity index (χ1v) is 8.60. The Labute approximate surface area is 151 Å². The van der Waals surface area contributed by atoms with Crippen molar-refractivity contribution in [2.45, 2.75) is 6.54 Å². The summed E-state index contributed by atoms with van der Waals surface area (Å²) in [6, 6.07) is 15.8. The molecule has 26 heavy (non-hydrogen) atoms. The molecule has 4 aromatic rings. The van der Waals surface area contributed by atoms with Crippen molar-refractivity contribution in [3.05, 3.63) is 66.5 Å². The van der Waals surface area contributed by atoms with Gasteiger partial charge in [-0.15, -0.1) is 0 Å². The van der Waals surface area contributed by atoms with Crippen molar-refractivity contribution in [1.29, 1.82) is 0 Å². The predicted molar refractivity (Wildman–Crippen MR) is 105 cm³/mol. The molecular weight excluding hydrogens is 326 g/mol. The van der Waals surface area contributed by atoms with Crippen LogP contribution in [0.5, 0.6) is 0 Å². The highest BCUT2D eigenvalue weighted by molar-refractivity contribution is 6.10. The van der Waals surface area contributed by atoms with Crippen molar-refractivity contribution in [2.75, 3.05) is 19.0 Å². The third-order valence-electron chi connectivity index (χ3n) is 4.75. The van der Waals surface area contributed by atoms with Crippen LogP contribution in [0.25, 0.3) is 21.8 Å². The van der Waals surface area contributed by atoms with Crippen LogP contribution in [0.3, 0.4) is 0 Å². The molecule has 0 spiro atoms. The third kappa shape index (κ3) is 2.86. The van der Waals surface area contributed by atoms with Gasteiger partial charge in [-0.25, -0.2) is 0 Å². The Bertz CT molecular complexity index is 1090. The van der Waals surface area contributed by atoms with E-state index in [-0.39, 0.29) is 5.91 Å². The molecular formula is C21H21N3O2. The van der Waals surface area contributed by atoms with Crippen LogP contribution in [0.15, 0.2) is 60.9 Å². The molecule has 0 fully saturated rings. The van der Waals surface area contributed by atoms with Gasteiger partial charge >= 0.3 is 0 Å². The van der Waals surface area contributed by atoms with E-state index >= 15 is 0 Å². The summed E-state index contributed by atoms with van der Waals surface area (Å²) in [6.07, 6.45) is 4.02. The molecule has 0 saturated carbocycles. The number of anilines is 1. The molecule has 0 unspecified atom stereocenters. The number of carbonyl (C=O) groups is 1. The maximum atomic E-state index is 12.8. The van der Waals surface area contributed by atoms with Crippen LogP contribution < -0.4 is 5.32 Å². The molecule has 0 aliphatic rings. The highest BCUT2D eigenvalue weighted by Gasteiger charge is 2.11. The number of benzene rings is 2. The largest absolute Gasteiger partial charge is 0.383 e. The van der Waals surface area contributed by atoms with E-state index in [1.807, 2.05) is 66.5 Å². The maximum Gasteiger partial charge on any atom is 0.255 e. The number of fused-ring (bicyclic) bond motifs is 2. The standard InChI is InChI=1S/C21H21N3O2/c1-23-10-8-15-6-7-16(14-20(15)23)21(25)22-18-4-3-5-19-17(18)9-11-24(19)12-13-26-2/h3-11,14H,12-13H2,1-2H3,(H,22,25). The van der Waals surface area contributed by atoms with Gasteiger partial charge < -0.3 is 19.2 Å². The van der Waals surface area contributed by atoms with Crippen LogP contribution in [0.1, 0.15) is 10.4 Å². The third-order valence-corrected chi connectivity index (χ3v) is 4.75. The van der Waals surface area contributed by atoms with E-state index in [1.165, 1.54) is 0 Å². The fourth-order valence-corrected chi connectivity index (χ4v) is 3.32. The molecule has 0 atom stereocenters. The van der Waals surface area contributed by atoms with Crippen molar-refractivity contribution in [2.24, 2.45) is 7.05 Å². The first-order valence-electron chi connectivity index (χ1n) is 8.60. The number of ether oxygens (including phenoxy) is 1. The summed E-state index contributed by atoms with van der Waals surface area (Å²) in [4.78, 5) is 12.8. The van der Waals surface area contributed by atoms with Crippen molar-refractivity contribution < 1.29 is 9.53 Å². The van der Waals surface area contributed by atoms with Gasteiger partial charge in [0.1, 0.15) is 0 Å². The molecule has 2 aromatic carbocycles. The number of nitrogens with one attached hydrogen (secondary N) is 1. The van der Waals surface area contributed by atoms with Gasteiger partial charge in [-0.2, -0.15) is 0 Å². The summed E-state index contributed by atoms with van der Waals surface area (Å²) in [7, 11) is 3.67. The average Bonchev–Trinajstić information content (AvgIpc) is 3.24. The zero-order valence-electron chi connectivity index (χ0n) is 14.9. The number of rotatable bonds is 5. The monoisotopic (exact) mass is 347 g/mol. The van der Waals surface area contributed by atoms with Crippen molar-refractivity contribution in [3.8, 4) is 0 Å². The van der Waals surface area contributed by atoms with Crippen LogP contribution in [0, 0.1) is 0 Å². The zero-order chi connectivity index (χ0) is 18.1. The molecule has 0 radical (unpaired) electrons. The highest BCUT2D eigenvalue weighted by atomic mass is 16.5. The lowest BCUT2D eigenvalue weighted by molar-refractivity contribution is 0.102. The minimum atomic E-state index is -0.106. The van der Waals surface area contributed by atoms with Gasteiger partial charge in [0, 0.05) is 49.6 Å². The van der Waals surface area contributed by atoms with Gasteiger partial charge in [-0.05, 0) is 41.8 Å². The Morgan fingerprint density at radius 1 is 1.08 bits per heavy atom. The number of hydrogen-bond acceptors (Lipinski definition) is 2. The van der Waals surface area contributed by atoms with Crippen LogP contribution in [0.2, 0.25) is 0 Å². The molecule has 5 heteroatoms. The van der Waals surface area contributed by atoms with E-state index in [1.54, 1.807) is 7.11 Å². The highest BCUT2D eigenvalue weighted by Crippen LogP contribution is 2.25. The van der Waals surface area contributed by atoms with Crippen LogP contribution >= 0.6 is 0 Å². The minimum absolute atomic E-state index is 0.106. The van der Waals surface area contributed by atoms with Crippen LogP contribution in [-0.4, -0.2) is 28.8 Å². The molecule has 132 valence electrons. The Kier molecular flexibility index (Phi) is 4.22. The molecule has 4 rings (SSSR count). The van der Waals surface area contributed by atoms with E-state index in [0.717, 1.165) is 34.0 Å². The van der Waals surface area contributed by atoms with Gasteiger partial charge in [0.05, 0.1) is 17.8 Å². The molecule has 1 amide bonds. The normalized spacial score (nSPS) is 11.3.